The largest absolute Gasteiger partial charge is 0.391 e. The van der Waals surface area contributed by atoms with Crippen molar-refractivity contribution in [2.75, 3.05) is 20.1 Å². The number of aliphatic hydroxyl groups is 4. The molecule has 7 heteroatoms. The van der Waals surface area contributed by atoms with E-state index in [1.807, 2.05) is 13.8 Å². The van der Waals surface area contributed by atoms with Crippen LogP contribution < -0.4 is 10.6 Å². The van der Waals surface area contributed by atoms with E-state index in [9.17, 15) is 20.4 Å². The predicted molar refractivity (Wildman–Crippen MR) is 113 cm³/mol. The standard InChI is InChI=1S/C7H15NO2.2C7H15NO/c1-3-5-7(10)6(9)4(2)8-5;1-3-6-4-8(2)5-7(6)9;1-3-6-7(9)4-5(2)8-6/h4-10H,3H2,1-2H3;6-7,9H,3-5H2,1-2H3;5-9H,3-4H2,1-2H3/t4-,5+,6?,7?;6-,7?;5-,6+,7?/m000/s1. The first-order chi connectivity index (χ1) is 13.1. The van der Waals surface area contributed by atoms with Gasteiger partial charge in [0.05, 0.1) is 24.4 Å². The van der Waals surface area contributed by atoms with Gasteiger partial charge in [-0.15, -0.1) is 0 Å². The summed E-state index contributed by atoms with van der Waals surface area (Å²) < 4.78 is 0. The Hall–Kier alpha value is -0.280. The van der Waals surface area contributed by atoms with Crippen LogP contribution in [0.1, 0.15) is 60.3 Å². The molecule has 0 spiro atoms. The van der Waals surface area contributed by atoms with Crippen LogP contribution in [0, 0.1) is 5.92 Å². The van der Waals surface area contributed by atoms with Gasteiger partial charge in [-0.05, 0) is 52.5 Å². The molecule has 0 bridgehead atoms. The van der Waals surface area contributed by atoms with Crippen LogP contribution in [0.5, 0.6) is 0 Å². The Labute approximate surface area is 171 Å². The molecule has 4 unspecified atom stereocenters. The highest BCUT2D eigenvalue weighted by atomic mass is 16.3. The predicted octanol–water partition coefficient (Wildman–Crippen LogP) is 0.305. The number of nitrogens with zero attached hydrogens (tertiary/aromatic N) is 1. The van der Waals surface area contributed by atoms with Gasteiger partial charge in [-0.2, -0.15) is 0 Å². The molecule has 168 valence electrons. The summed E-state index contributed by atoms with van der Waals surface area (Å²) in [5, 5.41) is 43.6. The Morgan fingerprint density at radius 2 is 1.39 bits per heavy atom. The van der Waals surface area contributed by atoms with Crippen LogP contribution >= 0.6 is 0 Å². The van der Waals surface area contributed by atoms with Crippen LogP contribution in [0.2, 0.25) is 0 Å². The van der Waals surface area contributed by atoms with Crippen molar-refractivity contribution in [1.29, 1.82) is 0 Å². The van der Waals surface area contributed by atoms with Crippen molar-refractivity contribution in [3.05, 3.63) is 0 Å². The summed E-state index contributed by atoms with van der Waals surface area (Å²) in [6.07, 6.45) is 2.56. The molecule has 3 heterocycles. The topological polar surface area (TPSA) is 108 Å². The fourth-order valence-electron chi connectivity index (χ4n) is 4.36. The zero-order valence-electron chi connectivity index (χ0n) is 18.7. The molecule has 0 radical (unpaired) electrons. The van der Waals surface area contributed by atoms with Gasteiger partial charge in [-0.3, -0.25) is 0 Å². The summed E-state index contributed by atoms with van der Waals surface area (Å²) in [7, 11) is 2.05. The number of aliphatic hydroxyl groups excluding tert-OH is 4. The molecule has 3 saturated heterocycles. The first-order valence-corrected chi connectivity index (χ1v) is 11.1. The zero-order chi connectivity index (χ0) is 21.4. The smallest absolute Gasteiger partial charge is 0.0966 e. The van der Waals surface area contributed by atoms with Crippen molar-refractivity contribution in [3.63, 3.8) is 0 Å². The van der Waals surface area contributed by atoms with Gasteiger partial charge in [0.2, 0.25) is 0 Å². The third-order valence-electron chi connectivity index (χ3n) is 6.30. The lowest BCUT2D eigenvalue weighted by molar-refractivity contribution is 0.0299. The van der Waals surface area contributed by atoms with E-state index in [2.05, 4.69) is 43.4 Å². The molecule has 0 aromatic carbocycles. The minimum Gasteiger partial charge on any atom is -0.391 e. The Morgan fingerprint density at radius 1 is 0.786 bits per heavy atom. The van der Waals surface area contributed by atoms with E-state index >= 15 is 0 Å². The molecule has 0 aliphatic carbocycles. The summed E-state index contributed by atoms with van der Waals surface area (Å²) in [6, 6.07) is 0.954. The number of likely N-dealkylation sites (tertiary alicyclic amines) is 1. The Bertz CT molecular complexity index is 404. The average Bonchev–Trinajstić information content (AvgIpc) is 3.25. The number of rotatable bonds is 3. The molecule has 0 aromatic heterocycles. The summed E-state index contributed by atoms with van der Waals surface area (Å²) in [5.41, 5.74) is 0. The second-order valence-electron chi connectivity index (χ2n) is 8.79. The summed E-state index contributed by atoms with van der Waals surface area (Å²) in [5.74, 6) is 0.523. The van der Waals surface area contributed by atoms with Crippen molar-refractivity contribution >= 4 is 0 Å². The van der Waals surface area contributed by atoms with Crippen molar-refractivity contribution in [1.82, 2.24) is 15.5 Å². The molecule has 0 aromatic rings. The average molecular weight is 404 g/mol. The van der Waals surface area contributed by atoms with Crippen molar-refractivity contribution in [2.24, 2.45) is 5.92 Å². The number of hydrogen-bond donors (Lipinski definition) is 6. The molecule has 0 saturated carbocycles. The third kappa shape index (κ3) is 7.52. The molecule has 3 fully saturated rings. The second kappa shape index (κ2) is 12.4. The first kappa shape index (κ1) is 25.8. The minimum absolute atomic E-state index is 0.0277. The third-order valence-corrected chi connectivity index (χ3v) is 6.30. The van der Waals surface area contributed by atoms with Crippen LogP contribution in [-0.2, 0) is 0 Å². The first-order valence-electron chi connectivity index (χ1n) is 11.1. The number of β-amino-alcohol motifs (C(OH)–C–C–N with tert-alkyl or cyclic N) is 1. The summed E-state index contributed by atoms with van der Waals surface area (Å²) in [4.78, 5) is 2.18. The highest BCUT2D eigenvalue weighted by Gasteiger charge is 2.37. The second-order valence-corrected chi connectivity index (χ2v) is 8.79. The van der Waals surface area contributed by atoms with Crippen LogP contribution in [0.3, 0.4) is 0 Å². The van der Waals surface area contributed by atoms with E-state index in [4.69, 9.17) is 0 Å². The monoisotopic (exact) mass is 403 g/mol. The molecule has 28 heavy (non-hydrogen) atoms. The van der Waals surface area contributed by atoms with Gasteiger partial charge in [0.1, 0.15) is 0 Å². The number of likely N-dealkylation sites (N-methyl/N-ethyl adjacent to an activating group) is 1. The lowest BCUT2D eigenvalue weighted by atomic mass is 10.0. The van der Waals surface area contributed by atoms with Gasteiger partial charge in [0.15, 0.2) is 0 Å². The maximum absolute atomic E-state index is 9.32. The maximum atomic E-state index is 9.32. The Morgan fingerprint density at radius 3 is 1.61 bits per heavy atom. The molecule has 9 atom stereocenters. The normalized spacial score (nSPS) is 43.3. The molecule has 3 aliphatic rings. The molecular formula is C21H45N3O4. The fourth-order valence-corrected chi connectivity index (χ4v) is 4.36. The molecule has 0 amide bonds. The summed E-state index contributed by atoms with van der Waals surface area (Å²) in [6.45, 7) is 12.1. The van der Waals surface area contributed by atoms with Crippen LogP contribution in [0.25, 0.3) is 0 Å². The SMILES string of the molecule is CC[C@H]1CN(C)CC1O.CC[C@H]1N[C@@H](C)C(O)C1O.CC[C@H]1N[C@@H](C)CC1O. The van der Waals surface area contributed by atoms with Crippen LogP contribution in [0.15, 0.2) is 0 Å². The molecular weight excluding hydrogens is 358 g/mol. The number of hydrogen-bond acceptors (Lipinski definition) is 7. The minimum atomic E-state index is -0.593. The van der Waals surface area contributed by atoms with Crippen LogP contribution in [0.4, 0.5) is 0 Å². The van der Waals surface area contributed by atoms with Crippen LogP contribution in [-0.4, -0.2) is 94.0 Å². The van der Waals surface area contributed by atoms with E-state index in [-0.39, 0.29) is 24.3 Å². The van der Waals surface area contributed by atoms with E-state index in [0.29, 0.717) is 18.0 Å². The van der Waals surface area contributed by atoms with Gasteiger partial charge >= 0.3 is 0 Å². The van der Waals surface area contributed by atoms with E-state index < -0.39 is 12.2 Å². The molecule has 6 N–H and O–H groups in total. The van der Waals surface area contributed by atoms with E-state index in [1.54, 1.807) is 0 Å². The Kier molecular flexibility index (Phi) is 11.4. The highest BCUT2D eigenvalue weighted by Crippen LogP contribution is 2.18. The highest BCUT2D eigenvalue weighted by molar-refractivity contribution is 4.95. The van der Waals surface area contributed by atoms with Gasteiger partial charge in [0.25, 0.3) is 0 Å². The van der Waals surface area contributed by atoms with Crippen molar-refractivity contribution in [2.45, 2.75) is 109 Å². The van der Waals surface area contributed by atoms with Gasteiger partial charge in [-0.25, -0.2) is 0 Å². The lowest BCUT2D eigenvalue weighted by Crippen LogP contribution is -2.31. The number of nitrogens with one attached hydrogen (secondary N) is 2. The quantitative estimate of drug-likeness (QED) is 0.402. The van der Waals surface area contributed by atoms with Gasteiger partial charge in [0, 0.05) is 37.3 Å². The maximum Gasteiger partial charge on any atom is 0.0966 e. The van der Waals surface area contributed by atoms with Crippen molar-refractivity contribution in [3.8, 4) is 0 Å². The van der Waals surface area contributed by atoms with E-state index in [0.717, 1.165) is 38.8 Å². The Balaban J connectivity index is 0.000000210. The van der Waals surface area contributed by atoms with Crippen molar-refractivity contribution < 1.29 is 20.4 Å². The lowest BCUT2D eigenvalue weighted by Gasteiger charge is -2.12. The van der Waals surface area contributed by atoms with Gasteiger partial charge in [-0.1, -0.05) is 20.8 Å². The summed E-state index contributed by atoms with van der Waals surface area (Å²) >= 11 is 0. The molecule has 3 aliphatic heterocycles. The fraction of sp³-hybridized carbons (Fsp3) is 1.00. The molecule has 3 rings (SSSR count). The van der Waals surface area contributed by atoms with Gasteiger partial charge < -0.3 is 36.0 Å². The van der Waals surface area contributed by atoms with E-state index in [1.165, 1.54) is 0 Å². The zero-order valence-corrected chi connectivity index (χ0v) is 18.7. The molecule has 7 nitrogen and oxygen atoms in total.